The summed E-state index contributed by atoms with van der Waals surface area (Å²) >= 11 is 0. The van der Waals surface area contributed by atoms with Gasteiger partial charge in [0.25, 0.3) is 0 Å². The fraction of sp³-hybridized carbons (Fsp3) is 0. The highest BCUT2D eigenvalue weighted by Crippen LogP contribution is 2.47. The molecule has 0 N–H and O–H groups in total. The van der Waals surface area contributed by atoms with Crippen LogP contribution in [0.2, 0.25) is 0 Å². The van der Waals surface area contributed by atoms with Crippen molar-refractivity contribution in [2.24, 2.45) is 0 Å². The third-order valence-electron chi connectivity index (χ3n) is 13.7. The summed E-state index contributed by atoms with van der Waals surface area (Å²) in [5.74, 6) is -19.0. The molecule has 12 heteroatoms. The van der Waals surface area contributed by atoms with Crippen molar-refractivity contribution in [2.75, 3.05) is 0 Å². The van der Waals surface area contributed by atoms with Gasteiger partial charge in [0.05, 0.1) is 0 Å². The van der Waals surface area contributed by atoms with Gasteiger partial charge in [-0.1, -0.05) is 72.8 Å². The van der Waals surface area contributed by atoms with Crippen LogP contribution in [0.1, 0.15) is 0 Å². The number of hydrogen-bond donors (Lipinski definition) is 0. The van der Waals surface area contributed by atoms with E-state index in [0.717, 1.165) is 48.5 Å². The van der Waals surface area contributed by atoms with Crippen molar-refractivity contribution in [1.82, 2.24) is 0 Å². The van der Waals surface area contributed by atoms with Crippen LogP contribution >= 0.6 is 0 Å². The molecule has 11 aromatic rings. The van der Waals surface area contributed by atoms with E-state index in [1.54, 1.807) is 84.9 Å². The maximum atomic E-state index is 15.5. The summed E-state index contributed by atoms with van der Waals surface area (Å²) in [6.07, 6.45) is 0. The lowest BCUT2D eigenvalue weighted by Crippen LogP contribution is -1.98. The second-order valence-corrected chi connectivity index (χ2v) is 17.4. The van der Waals surface area contributed by atoms with E-state index >= 15 is 35.1 Å². The molecule has 338 valence electrons. The van der Waals surface area contributed by atoms with Gasteiger partial charge in [-0.3, -0.25) is 0 Å². The largest absolute Gasteiger partial charge is 0.204 e. The molecule has 0 heterocycles. The molecule has 11 aromatic carbocycles. The SMILES string of the molecule is Fc1cc(-c2c3c(c(-c4cc(F)c(F)c(F)c4)c4ccccc24)=c2ccc4c5c(ccc=3c25)=c2c(-c3cc(F)c(F)c(F)c3)c3cc5ccccc5cc3c(-c3cc(F)c(F)c(F)c3)c2=4)cc(F)c1F. The van der Waals surface area contributed by atoms with Crippen LogP contribution in [0.5, 0.6) is 0 Å². The molecule has 0 spiro atoms. The van der Waals surface area contributed by atoms with Gasteiger partial charge < -0.3 is 0 Å². The summed E-state index contributed by atoms with van der Waals surface area (Å²) in [6.45, 7) is 0. The molecule has 13 rings (SSSR count). The van der Waals surface area contributed by atoms with Gasteiger partial charge in [0, 0.05) is 0 Å². The average Bonchev–Trinajstić information content (AvgIpc) is 3.85. The Morgan fingerprint density at radius 2 is 0.457 bits per heavy atom. The molecule has 0 radical (unpaired) electrons. The molecule has 0 saturated carbocycles. The van der Waals surface area contributed by atoms with Crippen LogP contribution in [0, 0.1) is 112 Å². The van der Waals surface area contributed by atoms with Crippen LogP contribution in [0.15, 0.2) is 133 Å². The minimum atomic E-state index is -1.73. The summed E-state index contributed by atoms with van der Waals surface area (Å²) in [7, 11) is 0. The van der Waals surface area contributed by atoms with E-state index in [2.05, 4.69) is 0 Å². The van der Waals surface area contributed by atoms with Gasteiger partial charge >= 0.3 is 0 Å². The number of halogens is 12. The average molecular weight is 947 g/mol. The molecule has 0 bridgehead atoms. The fourth-order valence-electron chi connectivity index (χ4n) is 11.0. The zero-order valence-corrected chi connectivity index (χ0v) is 35.2. The molecular weight excluding hydrogens is 925 g/mol. The molecule has 0 aromatic heterocycles. The Bertz CT molecular complexity index is 4360. The first-order chi connectivity index (χ1) is 33.7. The predicted molar refractivity (Wildman–Crippen MR) is 241 cm³/mol. The monoisotopic (exact) mass is 946 g/mol. The lowest BCUT2D eigenvalue weighted by Gasteiger charge is -2.17. The second-order valence-electron chi connectivity index (χ2n) is 17.4. The van der Waals surface area contributed by atoms with Gasteiger partial charge in [-0.05, 0) is 190 Å². The number of rotatable bonds is 4. The van der Waals surface area contributed by atoms with Crippen LogP contribution in [0.25, 0.3) is 87.6 Å². The zero-order valence-electron chi connectivity index (χ0n) is 35.2. The van der Waals surface area contributed by atoms with Crippen LogP contribution < -0.4 is 0 Å². The Kier molecular flexibility index (Phi) is 8.69. The minimum absolute atomic E-state index is 0.112. The summed E-state index contributed by atoms with van der Waals surface area (Å²) in [5, 5.41) is 6.06. The van der Waals surface area contributed by atoms with Crippen LogP contribution in [-0.2, 0) is 0 Å². The van der Waals surface area contributed by atoms with E-state index in [9.17, 15) is 17.6 Å². The van der Waals surface area contributed by atoms with Gasteiger partial charge in [0.2, 0.25) is 0 Å². The second kappa shape index (κ2) is 14.6. The third kappa shape index (κ3) is 5.58. The highest BCUT2D eigenvalue weighted by Gasteiger charge is 2.28. The standard InChI is InChI=1S/C58H22F12/c59-37-15-25(16-38(60)55(37)67)45-29-7-3-4-8-30(29)46(26-17-39(61)56(68)40(62)18-26)52-32-10-12-34-50-33(11-9-31(49(32)50)51(45)52)53-47(27-19-41(63)57(69)42(64)20-27)35-13-23-5-1-2-6-24(23)14-36(35)48(54(34)53)28-21-43(65)58(70)44(66)22-28/h1-22H. The van der Waals surface area contributed by atoms with Crippen molar-refractivity contribution in [1.29, 1.82) is 0 Å². The van der Waals surface area contributed by atoms with E-state index < -0.39 is 69.8 Å². The predicted octanol–water partition coefficient (Wildman–Crippen LogP) is 16.4. The van der Waals surface area contributed by atoms with E-state index in [4.69, 9.17) is 0 Å². The molecule has 2 aliphatic carbocycles. The molecule has 0 fully saturated rings. The third-order valence-corrected chi connectivity index (χ3v) is 13.7. The molecular formula is C58H22F12. The number of hydrogen-bond acceptors (Lipinski definition) is 0. The van der Waals surface area contributed by atoms with Crippen LogP contribution in [0.3, 0.4) is 0 Å². The molecule has 0 atom stereocenters. The van der Waals surface area contributed by atoms with E-state index in [-0.39, 0.29) is 65.4 Å². The van der Waals surface area contributed by atoms with Gasteiger partial charge in [-0.25, -0.2) is 52.7 Å². The van der Waals surface area contributed by atoms with Crippen molar-refractivity contribution < 1.29 is 52.7 Å². The lowest BCUT2D eigenvalue weighted by molar-refractivity contribution is 0.447. The maximum Gasteiger partial charge on any atom is 0.194 e. The first-order valence-electron chi connectivity index (χ1n) is 21.5. The molecule has 0 saturated heterocycles. The topological polar surface area (TPSA) is 0 Å². The first kappa shape index (κ1) is 41.8. The van der Waals surface area contributed by atoms with Crippen molar-refractivity contribution in [3.8, 4) is 44.5 Å². The Labute approximate surface area is 384 Å². The number of benzene rings is 11. The summed E-state index contributed by atoms with van der Waals surface area (Å²) in [5.41, 5.74) is 0.292. The van der Waals surface area contributed by atoms with Gasteiger partial charge in [0.1, 0.15) is 0 Å². The van der Waals surface area contributed by atoms with E-state index in [1.165, 1.54) is 0 Å². The molecule has 0 nitrogen and oxygen atoms in total. The molecule has 70 heavy (non-hydrogen) atoms. The lowest BCUT2D eigenvalue weighted by atomic mass is 9.86. The van der Waals surface area contributed by atoms with Gasteiger partial charge in [-0.2, -0.15) is 0 Å². The van der Waals surface area contributed by atoms with E-state index in [0.29, 0.717) is 64.0 Å². The molecule has 0 aliphatic heterocycles. The highest BCUT2D eigenvalue weighted by molar-refractivity contribution is 6.13. The van der Waals surface area contributed by atoms with Crippen molar-refractivity contribution >= 4 is 43.1 Å². The summed E-state index contributed by atoms with van der Waals surface area (Å²) < 4.78 is 182. The molecule has 2 aliphatic rings. The maximum absolute atomic E-state index is 15.5. The Morgan fingerprint density at radius 1 is 0.229 bits per heavy atom. The fourth-order valence-corrected chi connectivity index (χ4v) is 11.0. The normalized spacial score (nSPS) is 12.3. The Hall–Kier alpha value is -8.38. The van der Waals surface area contributed by atoms with Crippen LogP contribution in [-0.4, -0.2) is 0 Å². The quantitative estimate of drug-likeness (QED) is 0.0937. The zero-order chi connectivity index (χ0) is 48.3. The molecule has 0 unspecified atom stereocenters. The summed E-state index contributed by atoms with van der Waals surface area (Å²) in [6, 6.07) is 30.2. The van der Waals surface area contributed by atoms with Crippen molar-refractivity contribution in [3.63, 3.8) is 0 Å². The van der Waals surface area contributed by atoms with Crippen LogP contribution in [0.4, 0.5) is 52.7 Å². The van der Waals surface area contributed by atoms with E-state index in [1.807, 2.05) is 0 Å². The Morgan fingerprint density at radius 3 is 0.714 bits per heavy atom. The Balaban J connectivity index is 1.36. The minimum Gasteiger partial charge on any atom is -0.204 e. The summed E-state index contributed by atoms with van der Waals surface area (Å²) in [4.78, 5) is 0. The van der Waals surface area contributed by atoms with Crippen molar-refractivity contribution in [2.45, 2.75) is 0 Å². The molecule has 0 amide bonds. The van der Waals surface area contributed by atoms with Gasteiger partial charge in [-0.15, -0.1) is 0 Å². The van der Waals surface area contributed by atoms with Gasteiger partial charge in [0.15, 0.2) is 69.8 Å². The number of fused-ring (bicyclic) bond motifs is 5. The smallest absolute Gasteiger partial charge is 0.194 e. The highest BCUT2D eigenvalue weighted by atomic mass is 19.2. The van der Waals surface area contributed by atoms with Crippen molar-refractivity contribution in [3.05, 3.63) is 245 Å². The first-order valence-corrected chi connectivity index (χ1v) is 21.5.